The molecule has 0 atom stereocenters. The number of hydrogen-bond acceptors (Lipinski definition) is 7. The minimum atomic E-state index is -0.415. The Balaban J connectivity index is 1.83. The van der Waals surface area contributed by atoms with Crippen molar-refractivity contribution < 1.29 is 19.1 Å². The van der Waals surface area contributed by atoms with E-state index in [0.717, 1.165) is 15.3 Å². The van der Waals surface area contributed by atoms with Crippen LogP contribution in [-0.2, 0) is 14.3 Å². The summed E-state index contributed by atoms with van der Waals surface area (Å²) in [6.45, 7) is 5.80. The first kappa shape index (κ1) is 18.7. The Morgan fingerprint density at radius 2 is 1.70 bits per heavy atom. The van der Waals surface area contributed by atoms with Crippen LogP contribution >= 0.6 is 11.3 Å². The summed E-state index contributed by atoms with van der Waals surface area (Å²) in [4.78, 5) is 37.6. The lowest BCUT2D eigenvalue weighted by atomic mass is 10.1. The molecule has 27 heavy (non-hydrogen) atoms. The number of nitrogens with zero attached hydrogens (tertiary/aromatic N) is 3. The zero-order chi connectivity index (χ0) is 19.6. The number of benzene rings is 1. The Morgan fingerprint density at radius 1 is 1.07 bits per heavy atom. The monoisotopic (exact) mass is 383 g/mol. The number of amides is 2. The summed E-state index contributed by atoms with van der Waals surface area (Å²) < 4.78 is 5.10. The van der Waals surface area contributed by atoms with Gasteiger partial charge in [-0.25, -0.2) is 9.69 Å². The quantitative estimate of drug-likeness (QED) is 0.435. The number of rotatable bonds is 5. The summed E-state index contributed by atoms with van der Waals surface area (Å²) in [5.41, 5.74) is 2.26. The van der Waals surface area contributed by atoms with Crippen LogP contribution in [0.4, 0.5) is 16.4 Å². The molecule has 0 unspecified atom stereocenters. The molecular formula is C19H17N3O4S. The molecule has 3 rings (SSSR count). The van der Waals surface area contributed by atoms with Gasteiger partial charge in [-0.15, -0.1) is 21.6 Å². The van der Waals surface area contributed by atoms with E-state index in [1.54, 1.807) is 31.2 Å². The van der Waals surface area contributed by atoms with Gasteiger partial charge in [-0.1, -0.05) is 0 Å². The molecule has 1 aromatic carbocycles. The Labute approximate surface area is 160 Å². The van der Waals surface area contributed by atoms with Crippen molar-refractivity contribution in [3.05, 3.63) is 52.4 Å². The highest BCUT2D eigenvalue weighted by molar-refractivity contribution is 7.16. The fourth-order valence-electron chi connectivity index (χ4n) is 2.55. The van der Waals surface area contributed by atoms with E-state index in [0.29, 0.717) is 21.9 Å². The van der Waals surface area contributed by atoms with Crippen LogP contribution in [0.3, 0.4) is 0 Å². The van der Waals surface area contributed by atoms with E-state index in [4.69, 9.17) is 4.74 Å². The molecule has 0 saturated heterocycles. The summed E-state index contributed by atoms with van der Waals surface area (Å²) in [5, 5.41) is 8.85. The van der Waals surface area contributed by atoms with Gasteiger partial charge in [0, 0.05) is 17.0 Å². The summed E-state index contributed by atoms with van der Waals surface area (Å²) >= 11 is 1.37. The number of thiophene rings is 1. The third-order valence-electron chi connectivity index (χ3n) is 4.02. The van der Waals surface area contributed by atoms with Crippen LogP contribution < -0.4 is 4.90 Å². The summed E-state index contributed by atoms with van der Waals surface area (Å²) in [7, 11) is 0. The first-order valence-corrected chi connectivity index (χ1v) is 9.09. The van der Waals surface area contributed by atoms with Gasteiger partial charge in [0.2, 0.25) is 0 Å². The van der Waals surface area contributed by atoms with Gasteiger partial charge in [-0.05, 0) is 50.6 Å². The molecule has 0 fully saturated rings. The van der Waals surface area contributed by atoms with Crippen molar-refractivity contribution >= 4 is 45.5 Å². The topological polar surface area (TPSA) is 88.4 Å². The first-order valence-electron chi connectivity index (χ1n) is 8.27. The van der Waals surface area contributed by atoms with E-state index in [2.05, 4.69) is 10.2 Å². The Hall–Kier alpha value is -3.13. The smallest absolute Gasteiger partial charge is 0.341 e. The fraction of sp³-hybridized carbons (Fsp3) is 0.211. The zero-order valence-corrected chi connectivity index (χ0v) is 15.9. The second kappa shape index (κ2) is 7.63. The lowest BCUT2D eigenvalue weighted by Crippen LogP contribution is -2.29. The molecule has 1 aromatic heterocycles. The second-order valence-electron chi connectivity index (χ2n) is 5.75. The maximum Gasteiger partial charge on any atom is 0.341 e. The predicted molar refractivity (Wildman–Crippen MR) is 102 cm³/mol. The largest absolute Gasteiger partial charge is 0.462 e. The maximum absolute atomic E-state index is 12.2. The van der Waals surface area contributed by atoms with E-state index < -0.39 is 5.97 Å². The minimum absolute atomic E-state index is 0.286. The van der Waals surface area contributed by atoms with Crippen molar-refractivity contribution in [2.24, 2.45) is 10.2 Å². The van der Waals surface area contributed by atoms with Gasteiger partial charge in [0.25, 0.3) is 11.8 Å². The van der Waals surface area contributed by atoms with Gasteiger partial charge in [-0.3, -0.25) is 9.59 Å². The highest BCUT2D eigenvalue weighted by Crippen LogP contribution is 2.36. The molecule has 0 radical (unpaired) electrons. The van der Waals surface area contributed by atoms with Crippen molar-refractivity contribution in [2.75, 3.05) is 11.5 Å². The van der Waals surface area contributed by atoms with Crippen molar-refractivity contribution in [1.82, 2.24) is 0 Å². The number of ether oxygens (including phenoxy) is 1. The average molecular weight is 383 g/mol. The van der Waals surface area contributed by atoms with Crippen LogP contribution in [0.5, 0.6) is 0 Å². The zero-order valence-electron chi connectivity index (χ0n) is 15.1. The van der Waals surface area contributed by atoms with Crippen molar-refractivity contribution in [1.29, 1.82) is 0 Å². The number of esters is 1. The third kappa shape index (κ3) is 3.70. The van der Waals surface area contributed by atoms with Crippen LogP contribution in [0.25, 0.3) is 0 Å². The summed E-state index contributed by atoms with van der Waals surface area (Å²) in [5.74, 6) is -1.17. The predicted octanol–water partition coefficient (Wildman–Crippen LogP) is 4.39. The molecule has 1 aliphatic rings. The lowest BCUT2D eigenvalue weighted by Gasteiger charge is -2.13. The lowest BCUT2D eigenvalue weighted by molar-refractivity contribution is -0.119. The average Bonchev–Trinajstić information content (AvgIpc) is 3.12. The molecule has 0 aliphatic carbocycles. The SMILES string of the molecule is CCOC(=O)c1c(N=Nc2ccc(N3C(=O)C=CC3=O)cc2)sc(C)c1C. The van der Waals surface area contributed by atoms with Crippen LogP contribution in [0.2, 0.25) is 0 Å². The molecular weight excluding hydrogens is 366 g/mol. The van der Waals surface area contributed by atoms with Crippen LogP contribution in [-0.4, -0.2) is 24.4 Å². The Kier molecular flexibility index (Phi) is 5.27. The molecule has 1 aliphatic heterocycles. The number of carbonyl (C=O) groups is 3. The molecule has 138 valence electrons. The van der Waals surface area contributed by atoms with Gasteiger partial charge in [0.1, 0.15) is 5.56 Å². The van der Waals surface area contributed by atoms with Gasteiger partial charge in [-0.2, -0.15) is 0 Å². The van der Waals surface area contributed by atoms with E-state index in [1.807, 2.05) is 13.8 Å². The third-order valence-corrected chi connectivity index (χ3v) is 5.11. The van der Waals surface area contributed by atoms with Crippen LogP contribution in [0.1, 0.15) is 27.7 Å². The van der Waals surface area contributed by atoms with E-state index in [1.165, 1.54) is 23.5 Å². The molecule has 8 heteroatoms. The van der Waals surface area contributed by atoms with Crippen molar-refractivity contribution in [2.45, 2.75) is 20.8 Å². The van der Waals surface area contributed by atoms with Gasteiger partial charge >= 0.3 is 5.97 Å². The van der Waals surface area contributed by atoms with Gasteiger partial charge in [0.15, 0.2) is 5.00 Å². The molecule has 0 spiro atoms. The standard InChI is InChI=1S/C19H17N3O4S/c1-4-26-19(25)17-11(2)12(3)27-18(17)21-20-13-5-7-14(8-6-13)22-15(23)9-10-16(22)24/h5-10H,4H2,1-3H3. The van der Waals surface area contributed by atoms with Crippen LogP contribution in [0.15, 0.2) is 46.6 Å². The Bertz CT molecular complexity index is 956. The van der Waals surface area contributed by atoms with Crippen molar-refractivity contribution in [3.8, 4) is 0 Å². The highest BCUT2D eigenvalue weighted by atomic mass is 32.1. The molecule has 2 amide bonds. The van der Waals surface area contributed by atoms with E-state index in [9.17, 15) is 14.4 Å². The number of azo groups is 1. The van der Waals surface area contributed by atoms with E-state index in [-0.39, 0.29) is 18.4 Å². The first-order chi connectivity index (χ1) is 12.9. The number of anilines is 1. The van der Waals surface area contributed by atoms with Crippen molar-refractivity contribution in [3.63, 3.8) is 0 Å². The molecule has 2 heterocycles. The minimum Gasteiger partial charge on any atom is -0.462 e. The second-order valence-corrected chi connectivity index (χ2v) is 6.95. The number of hydrogen-bond donors (Lipinski definition) is 0. The Morgan fingerprint density at radius 3 is 2.30 bits per heavy atom. The van der Waals surface area contributed by atoms with E-state index >= 15 is 0 Å². The number of carbonyl (C=O) groups excluding carboxylic acids is 3. The fourth-order valence-corrected chi connectivity index (χ4v) is 3.51. The molecule has 0 bridgehead atoms. The number of aryl methyl sites for hydroxylation is 1. The normalized spacial score (nSPS) is 13.8. The van der Waals surface area contributed by atoms with Crippen LogP contribution in [0, 0.1) is 13.8 Å². The van der Waals surface area contributed by atoms with Gasteiger partial charge < -0.3 is 4.74 Å². The molecule has 2 aromatic rings. The summed E-state index contributed by atoms with van der Waals surface area (Å²) in [6.07, 6.45) is 2.46. The molecule has 0 saturated carbocycles. The maximum atomic E-state index is 12.2. The molecule has 7 nitrogen and oxygen atoms in total. The van der Waals surface area contributed by atoms with Gasteiger partial charge in [0.05, 0.1) is 18.0 Å². The number of imide groups is 1. The molecule has 0 N–H and O–H groups in total. The summed E-state index contributed by atoms with van der Waals surface area (Å²) in [6, 6.07) is 6.53. The highest BCUT2D eigenvalue weighted by Gasteiger charge is 2.25.